The predicted molar refractivity (Wildman–Crippen MR) is 130 cm³/mol. The Bertz CT molecular complexity index is 1510. The first-order chi connectivity index (χ1) is 15.3. The van der Waals surface area contributed by atoms with Crippen LogP contribution < -0.4 is 4.31 Å². The number of benzene rings is 3. The Hall–Kier alpha value is -2.47. The fraction of sp³-hybridized carbons (Fsp3) is 0.200. The fourth-order valence-corrected chi connectivity index (χ4v) is 7.24. The molecule has 1 aliphatic heterocycles. The number of anilines is 1. The van der Waals surface area contributed by atoms with E-state index in [9.17, 15) is 8.42 Å². The summed E-state index contributed by atoms with van der Waals surface area (Å²) >= 11 is 12.7. The maximum atomic E-state index is 13.7. The summed E-state index contributed by atoms with van der Waals surface area (Å²) < 4.78 is 29.0. The van der Waals surface area contributed by atoms with E-state index in [1.165, 1.54) is 5.56 Å². The third-order valence-corrected chi connectivity index (χ3v) is 9.16. The van der Waals surface area contributed by atoms with Crippen molar-refractivity contribution in [3.05, 3.63) is 93.1 Å². The lowest BCUT2D eigenvalue weighted by molar-refractivity contribution is 0.532. The second-order valence-electron chi connectivity index (χ2n) is 8.74. The quantitative estimate of drug-likeness (QED) is 0.368. The van der Waals surface area contributed by atoms with Crippen molar-refractivity contribution in [3.8, 4) is 0 Å². The topological polar surface area (TPSA) is 53.2 Å². The van der Waals surface area contributed by atoms with Crippen LogP contribution in [0.25, 0.3) is 10.9 Å². The number of nitrogens with one attached hydrogen (secondary N) is 1. The van der Waals surface area contributed by atoms with Gasteiger partial charge < -0.3 is 4.98 Å². The van der Waals surface area contributed by atoms with Gasteiger partial charge in [0.15, 0.2) is 0 Å². The van der Waals surface area contributed by atoms with Crippen molar-refractivity contribution in [1.29, 1.82) is 0 Å². The van der Waals surface area contributed by atoms with Crippen molar-refractivity contribution in [1.82, 2.24) is 4.98 Å². The third kappa shape index (κ3) is 2.71. The first kappa shape index (κ1) is 20.2. The Kier molecular flexibility index (Phi) is 4.26. The summed E-state index contributed by atoms with van der Waals surface area (Å²) in [5, 5.41) is 2.40. The van der Waals surface area contributed by atoms with E-state index in [-0.39, 0.29) is 0 Å². The summed E-state index contributed by atoms with van der Waals surface area (Å²) in [4.78, 5) is 3.89. The average Bonchev–Trinajstić information content (AvgIpc) is 3.41. The Morgan fingerprint density at radius 2 is 1.69 bits per heavy atom. The van der Waals surface area contributed by atoms with Crippen LogP contribution in [0.1, 0.15) is 28.8 Å². The van der Waals surface area contributed by atoms with Gasteiger partial charge in [-0.05, 0) is 79.4 Å². The van der Waals surface area contributed by atoms with Crippen LogP contribution in [0.15, 0.2) is 65.6 Å². The zero-order chi connectivity index (χ0) is 22.3. The van der Waals surface area contributed by atoms with Crippen molar-refractivity contribution >= 4 is 49.8 Å². The summed E-state index contributed by atoms with van der Waals surface area (Å²) in [5.41, 5.74) is 5.49. The minimum atomic E-state index is -3.73. The number of fused-ring (bicyclic) bond motifs is 6. The van der Waals surface area contributed by atoms with E-state index >= 15 is 0 Å². The van der Waals surface area contributed by atoms with Gasteiger partial charge in [-0.25, -0.2) is 8.42 Å². The number of H-pyrrole nitrogens is 1. The van der Waals surface area contributed by atoms with E-state index in [0.29, 0.717) is 27.2 Å². The first-order valence-electron chi connectivity index (χ1n) is 10.5. The van der Waals surface area contributed by atoms with E-state index in [2.05, 4.69) is 4.98 Å². The van der Waals surface area contributed by atoms with Crippen LogP contribution in [0.5, 0.6) is 0 Å². The SMILES string of the molecule is Cc1ccc(S(=O)(=O)N2C[C@]3(CCc4c3[nH]c3ccc(Cl)cc43)c3cc(Cl)ccc32)cc1. The van der Waals surface area contributed by atoms with E-state index in [4.69, 9.17) is 23.2 Å². The molecule has 6 rings (SSSR count). The van der Waals surface area contributed by atoms with Crippen LogP contribution in [-0.2, 0) is 21.9 Å². The number of hydrogen-bond donors (Lipinski definition) is 1. The smallest absolute Gasteiger partial charge is 0.264 e. The van der Waals surface area contributed by atoms with Crippen LogP contribution in [-0.4, -0.2) is 19.9 Å². The second-order valence-corrected chi connectivity index (χ2v) is 11.5. The average molecular weight is 483 g/mol. The van der Waals surface area contributed by atoms with Crippen LogP contribution in [0.4, 0.5) is 5.69 Å². The molecule has 1 N–H and O–H groups in total. The molecule has 0 saturated carbocycles. The molecule has 1 aromatic heterocycles. The lowest BCUT2D eigenvalue weighted by atomic mass is 9.80. The number of aromatic nitrogens is 1. The van der Waals surface area contributed by atoms with Crippen molar-refractivity contribution in [3.63, 3.8) is 0 Å². The molecule has 0 radical (unpaired) electrons. The molecule has 0 fully saturated rings. The number of aryl methyl sites for hydroxylation is 2. The van der Waals surface area contributed by atoms with Gasteiger partial charge in [-0.3, -0.25) is 4.31 Å². The van der Waals surface area contributed by atoms with Gasteiger partial charge in [-0.1, -0.05) is 40.9 Å². The molecule has 4 nitrogen and oxygen atoms in total. The monoisotopic (exact) mass is 482 g/mol. The lowest BCUT2D eigenvalue weighted by Crippen LogP contribution is -2.36. The minimum absolute atomic E-state index is 0.294. The molecule has 1 atom stereocenters. The molecule has 0 unspecified atom stereocenters. The molecule has 4 aromatic rings. The van der Waals surface area contributed by atoms with Gasteiger partial charge in [0.05, 0.1) is 16.0 Å². The zero-order valence-corrected chi connectivity index (χ0v) is 19.7. The normalized spacial score (nSPS) is 19.7. The molecule has 0 bridgehead atoms. The molecule has 1 spiro atoms. The summed E-state index contributed by atoms with van der Waals surface area (Å²) in [6.45, 7) is 2.28. The van der Waals surface area contributed by atoms with Gasteiger partial charge in [0.1, 0.15) is 0 Å². The highest BCUT2D eigenvalue weighted by Gasteiger charge is 2.52. The summed E-state index contributed by atoms with van der Waals surface area (Å²) in [6, 6.07) is 18.4. The van der Waals surface area contributed by atoms with Gasteiger partial charge in [-0.2, -0.15) is 0 Å². The molecule has 32 heavy (non-hydrogen) atoms. The zero-order valence-electron chi connectivity index (χ0n) is 17.3. The number of rotatable bonds is 2. The number of nitrogens with zero attached hydrogens (tertiary/aromatic N) is 1. The molecule has 2 aliphatic rings. The Balaban J connectivity index is 1.56. The highest BCUT2D eigenvalue weighted by Crippen LogP contribution is 2.55. The van der Waals surface area contributed by atoms with E-state index in [1.54, 1.807) is 22.5 Å². The second kappa shape index (κ2) is 6.77. The molecule has 0 amide bonds. The maximum Gasteiger partial charge on any atom is 0.264 e. The first-order valence-corrected chi connectivity index (χ1v) is 12.7. The summed E-state index contributed by atoms with van der Waals surface area (Å²) in [5.74, 6) is 0. The van der Waals surface area contributed by atoms with Crippen molar-refractivity contribution < 1.29 is 8.42 Å². The number of sulfonamides is 1. The molecule has 3 aromatic carbocycles. The van der Waals surface area contributed by atoms with Crippen LogP contribution in [0.3, 0.4) is 0 Å². The molecular formula is C25H20Cl2N2O2S. The van der Waals surface area contributed by atoms with Crippen molar-refractivity contribution in [2.24, 2.45) is 0 Å². The third-order valence-electron chi connectivity index (χ3n) is 6.91. The van der Waals surface area contributed by atoms with Crippen molar-refractivity contribution in [2.75, 3.05) is 10.8 Å². The van der Waals surface area contributed by atoms with Gasteiger partial charge >= 0.3 is 0 Å². The molecular weight excluding hydrogens is 463 g/mol. The van der Waals surface area contributed by atoms with Gasteiger partial charge in [-0.15, -0.1) is 0 Å². The molecule has 0 saturated heterocycles. The Labute approximate surface area is 196 Å². The van der Waals surface area contributed by atoms with E-state index in [0.717, 1.165) is 40.6 Å². The van der Waals surface area contributed by atoms with Gasteiger partial charge in [0.25, 0.3) is 10.0 Å². The fourth-order valence-electron chi connectivity index (χ4n) is 5.36. The molecule has 7 heteroatoms. The highest BCUT2D eigenvalue weighted by molar-refractivity contribution is 7.92. The van der Waals surface area contributed by atoms with E-state index < -0.39 is 15.4 Å². The van der Waals surface area contributed by atoms with Crippen LogP contribution >= 0.6 is 23.2 Å². The lowest BCUT2D eigenvalue weighted by Gasteiger charge is -2.26. The van der Waals surface area contributed by atoms with Gasteiger partial charge in [0.2, 0.25) is 0 Å². The molecule has 2 heterocycles. The van der Waals surface area contributed by atoms with Crippen LogP contribution in [0, 0.1) is 6.92 Å². The minimum Gasteiger partial charge on any atom is -0.357 e. The molecule has 1 aliphatic carbocycles. The standard InChI is InChI=1S/C25H20Cl2N2O2S/c1-15-2-6-18(7-3-15)32(30,31)29-14-25(21-13-17(27)5-9-23(21)29)11-10-19-20-12-16(26)4-8-22(20)28-24(19)25/h2-9,12-13,28H,10-11,14H2,1H3/t25-/m1/s1. The molecule has 162 valence electrons. The largest absolute Gasteiger partial charge is 0.357 e. The number of aromatic amines is 1. The maximum absolute atomic E-state index is 13.7. The Morgan fingerprint density at radius 3 is 2.47 bits per heavy atom. The van der Waals surface area contributed by atoms with Crippen LogP contribution in [0.2, 0.25) is 10.0 Å². The summed E-state index contributed by atoms with van der Waals surface area (Å²) in [6.07, 6.45) is 1.66. The predicted octanol–water partition coefficient (Wildman–Crippen LogP) is 6.22. The van der Waals surface area contributed by atoms with Gasteiger partial charge in [0, 0.05) is 33.2 Å². The van der Waals surface area contributed by atoms with E-state index in [1.807, 2.05) is 49.4 Å². The number of halogens is 2. The summed E-state index contributed by atoms with van der Waals surface area (Å²) in [7, 11) is -3.73. The number of hydrogen-bond acceptors (Lipinski definition) is 2. The van der Waals surface area contributed by atoms with Crippen molar-refractivity contribution in [2.45, 2.75) is 30.1 Å². The Morgan fingerprint density at radius 1 is 0.969 bits per heavy atom. The highest BCUT2D eigenvalue weighted by atomic mass is 35.5.